The molecule has 0 fully saturated rings. The van der Waals surface area contributed by atoms with Crippen molar-refractivity contribution in [3.05, 3.63) is 214 Å². The molecule has 0 radical (unpaired) electrons. The number of benzene rings is 5. The fraction of sp³-hybridized carbons (Fsp3) is 0.130. The number of nitriles is 1. The van der Waals surface area contributed by atoms with E-state index in [2.05, 4.69) is 164 Å². The Bertz CT molecular complexity index is 2900. The largest absolute Gasteiger partial charge is 0.228 e. The highest BCUT2D eigenvalue weighted by Gasteiger charge is 2.54. The second-order valence-electron chi connectivity index (χ2n) is 15.8. The van der Waals surface area contributed by atoms with Gasteiger partial charge in [0.25, 0.3) is 0 Å². The third-order valence-electron chi connectivity index (χ3n) is 12.7. The van der Waals surface area contributed by atoms with E-state index in [-0.39, 0.29) is 11.3 Å². The molecule has 6 aromatic rings. The Hall–Kier alpha value is -6.54. The molecule has 2 atom stereocenters. The summed E-state index contributed by atoms with van der Waals surface area (Å²) in [5, 5.41) is 9.31. The van der Waals surface area contributed by atoms with Gasteiger partial charge < -0.3 is 0 Å². The number of hydrogen-bond donors (Lipinski definition) is 0. The van der Waals surface area contributed by atoms with Crippen molar-refractivity contribution in [3.8, 4) is 39.7 Å². The predicted octanol–water partition coefficient (Wildman–Crippen LogP) is 13.6. The Kier molecular flexibility index (Phi) is 8.45. The lowest BCUT2D eigenvalue weighted by Gasteiger charge is -2.46. The van der Waals surface area contributed by atoms with Gasteiger partial charge >= 0.3 is 0 Å². The maximum absolute atomic E-state index is 9.31. The summed E-state index contributed by atoms with van der Waals surface area (Å²) in [6.07, 6.45) is 22.9. The molecule has 1 spiro atoms. The van der Waals surface area contributed by atoms with E-state index in [4.69, 9.17) is 9.97 Å². The Balaban J connectivity index is 1.09. The third kappa shape index (κ3) is 5.64. The molecule has 276 valence electrons. The molecule has 0 saturated heterocycles. The van der Waals surface area contributed by atoms with Crippen molar-refractivity contribution in [2.45, 2.75) is 42.4 Å². The molecule has 58 heavy (non-hydrogen) atoms. The quantitative estimate of drug-likeness (QED) is 0.176. The van der Waals surface area contributed by atoms with Crippen LogP contribution in [0.5, 0.6) is 0 Å². The standard InChI is InChI=1S/C54H39N3S/c55-34-35-19-21-36(22-20-35)37-23-25-38(26-24-37)41-27-29-44-43-15-7-8-16-45(43)54(47(44)31-41)46-17-9-10-18-51(46)58-52-30-28-42(32-48(52)54)50-33-49(39-11-3-1-4-12-39)56-53(57-50)40-13-5-2-6-14-40/h1-5,7-13,15-16,18-23,25,27-33,46H,6,14,17,24,26H2. The van der Waals surface area contributed by atoms with Crippen LogP contribution in [0.1, 0.15) is 71.3 Å². The van der Waals surface area contributed by atoms with E-state index in [9.17, 15) is 5.26 Å². The van der Waals surface area contributed by atoms with Gasteiger partial charge in [-0.3, -0.25) is 0 Å². The van der Waals surface area contributed by atoms with Gasteiger partial charge in [0.15, 0.2) is 5.82 Å². The first kappa shape index (κ1) is 34.7. The summed E-state index contributed by atoms with van der Waals surface area (Å²) in [7, 11) is 0. The molecule has 3 nitrogen and oxygen atoms in total. The van der Waals surface area contributed by atoms with Crippen LogP contribution < -0.4 is 0 Å². The van der Waals surface area contributed by atoms with Crippen LogP contribution in [0.4, 0.5) is 0 Å². The van der Waals surface area contributed by atoms with E-state index in [1.54, 1.807) is 0 Å². The molecule has 4 aliphatic carbocycles. The Labute approximate surface area is 344 Å². The van der Waals surface area contributed by atoms with Crippen LogP contribution in [0.2, 0.25) is 0 Å². The van der Waals surface area contributed by atoms with Gasteiger partial charge in [-0.2, -0.15) is 5.26 Å². The molecule has 0 bridgehead atoms. The van der Waals surface area contributed by atoms with Crippen LogP contribution in [-0.2, 0) is 5.41 Å². The molecule has 4 heteroatoms. The minimum atomic E-state index is -0.386. The summed E-state index contributed by atoms with van der Waals surface area (Å²) in [4.78, 5) is 13.2. The fourth-order valence-corrected chi connectivity index (χ4v) is 11.1. The summed E-state index contributed by atoms with van der Waals surface area (Å²) < 4.78 is 0. The lowest BCUT2D eigenvalue weighted by molar-refractivity contribution is 0.439. The Morgan fingerprint density at radius 1 is 0.569 bits per heavy atom. The highest BCUT2D eigenvalue weighted by atomic mass is 32.2. The number of thioether (sulfide) groups is 1. The van der Waals surface area contributed by atoms with Gasteiger partial charge in [0.05, 0.1) is 28.4 Å². The third-order valence-corrected chi connectivity index (χ3v) is 13.9. The van der Waals surface area contributed by atoms with E-state index < -0.39 is 0 Å². The second kappa shape index (κ2) is 14.1. The van der Waals surface area contributed by atoms with Crippen molar-refractivity contribution in [2.24, 2.45) is 5.92 Å². The molecule has 5 aliphatic rings. The van der Waals surface area contributed by atoms with Crippen LogP contribution in [0.25, 0.3) is 50.4 Å². The van der Waals surface area contributed by atoms with E-state index in [1.165, 1.54) is 65.5 Å². The van der Waals surface area contributed by atoms with Crippen LogP contribution in [-0.4, -0.2) is 9.97 Å². The zero-order valence-corrected chi connectivity index (χ0v) is 32.8. The van der Waals surface area contributed by atoms with E-state index in [1.807, 2.05) is 23.9 Å². The molecule has 2 heterocycles. The van der Waals surface area contributed by atoms with Crippen molar-refractivity contribution in [2.75, 3.05) is 0 Å². The molecule has 2 unspecified atom stereocenters. The lowest BCUT2D eigenvalue weighted by atomic mass is 9.61. The van der Waals surface area contributed by atoms with Gasteiger partial charge in [-0.05, 0) is 129 Å². The van der Waals surface area contributed by atoms with E-state index in [0.717, 1.165) is 60.4 Å². The highest BCUT2D eigenvalue weighted by molar-refractivity contribution is 8.03. The molecule has 0 amide bonds. The monoisotopic (exact) mass is 761 g/mol. The van der Waals surface area contributed by atoms with Gasteiger partial charge in [-0.15, -0.1) is 0 Å². The summed E-state index contributed by atoms with van der Waals surface area (Å²) in [6, 6.07) is 46.4. The minimum Gasteiger partial charge on any atom is -0.228 e. The number of allylic oxidation sites excluding steroid dienone is 12. The van der Waals surface area contributed by atoms with Crippen molar-refractivity contribution < 1.29 is 0 Å². The molecule has 1 aromatic heterocycles. The lowest BCUT2D eigenvalue weighted by Crippen LogP contribution is -2.40. The van der Waals surface area contributed by atoms with Crippen molar-refractivity contribution in [3.63, 3.8) is 0 Å². The summed E-state index contributed by atoms with van der Waals surface area (Å²) >= 11 is 1.94. The summed E-state index contributed by atoms with van der Waals surface area (Å²) in [6.45, 7) is 0. The first-order valence-electron chi connectivity index (χ1n) is 20.3. The van der Waals surface area contributed by atoms with E-state index >= 15 is 0 Å². The molecule has 5 aromatic carbocycles. The normalized spacial score (nSPS) is 19.8. The van der Waals surface area contributed by atoms with Gasteiger partial charge in [-0.1, -0.05) is 145 Å². The molecule has 11 rings (SSSR count). The highest BCUT2D eigenvalue weighted by Crippen LogP contribution is 2.65. The first-order chi connectivity index (χ1) is 28.7. The molecule has 1 aliphatic heterocycles. The number of hydrogen-bond acceptors (Lipinski definition) is 4. The Morgan fingerprint density at radius 3 is 2.07 bits per heavy atom. The van der Waals surface area contributed by atoms with Crippen LogP contribution in [0.3, 0.4) is 0 Å². The average Bonchev–Trinajstić information content (AvgIpc) is 3.59. The second-order valence-corrected chi connectivity index (χ2v) is 16.9. The van der Waals surface area contributed by atoms with Crippen molar-refractivity contribution >= 4 is 28.5 Å². The fourth-order valence-electron chi connectivity index (χ4n) is 9.85. The maximum Gasteiger partial charge on any atom is 0.156 e. The number of fused-ring (bicyclic) bond motifs is 9. The smallest absolute Gasteiger partial charge is 0.156 e. The molecule has 0 saturated carbocycles. The molecular formula is C54H39N3S. The topological polar surface area (TPSA) is 49.6 Å². The number of rotatable bonds is 5. The van der Waals surface area contributed by atoms with E-state index in [0.29, 0.717) is 5.56 Å². The van der Waals surface area contributed by atoms with Crippen molar-refractivity contribution in [1.29, 1.82) is 5.26 Å². The number of aromatic nitrogens is 2. The van der Waals surface area contributed by atoms with Crippen LogP contribution in [0.15, 0.2) is 180 Å². The van der Waals surface area contributed by atoms with Gasteiger partial charge in [0, 0.05) is 21.9 Å². The Morgan fingerprint density at radius 2 is 1.28 bits per heavy atom. The SMILES string of the molecule is N#Cc1ccc(C2=CC=C(c3ccc4c(c3)C3(c5cc(-c6cc(-c7ccccc7)nc(C7=CC=CCC7)n6)ccc5SC5=CC=CCC53)c3ccccc3-4)CC2)cc1. The zero-order chi connectivity index (χ0) is 38.6. The summed E-state index contributed by atoms with van der Waals surface area (Å²) in [5.74, 6) is 1.06. The van der Waals surface area contributed by atoms with Crippen LogP contribution >= 0.6 is 11.8 Å². The zero-order valence-electron chi connectivity index (χ0n) is 32.0. The first-order valence-corrected chi connectivity index (χ1v) is 21.1. The molecule has 0 N–H and O–H groups in total. The van der Waals surface area contributed by atoms with Gasteiger partial charge in [0.1, 0.15) is 0 Å². The minimum absolute atomic E-state index is 0.256. The molecular weight excluding hydrogens is 723 g/mol. The maximum atomic E-state index is 9.31. The van der Waals surface area contributed by atoms with Crippen molar-refractivity contribution in [1.82, 2.24) is 9.97 Å². The van der Waals surface area contributed by atoms with Gasteiger partial charge in [-0.25, -0.2) is 9.97 Å². The predicted molar refractivity (Wildman–Crippen MR) is 239 cm³/mol. The number of nitrogens with zero attached hydrogens (tertiary/aromatic N) is 3. The van der Waals surface area contributed by atoms with Gasteiger partial charge in [0.2, 0.25) is 0 Å². The summed E-state index contributed by atoms with van der Waals surface area (Å²) in [5.41, 5.74) is 17.5. The van der Waals surface area contributed by atoms with Crippen LogP contribution in [0, 0.1) is 17.2 Å². The average molecular weight is 762 g/mol.